The first kappa shape index (κ1) is 22.7. The average Bonchev–Trinajstić information content (AvgIpc) is 2.83. The molecule has 0 spiro atoms. The van der Waals surface area contributed by atoms with Crippen LogP contribution in [0.15, 0.2) is 67.4 Å². The molecule has 1 saturated heterocycles. The van der Waals surface area contributed by atoms with Crippen LogP contribution in [-0.4, -0.2) is 47.1 Å². The summed E-state index contributed by atoms with van der Waals surface area (Å²) in [7, 11) is 0. The normalized spacial score (nSPS) is 13.8. The molecule has 3 N–H and O–H groups in total. The van der Waals surface area contributed by atoms with Crippen molar-refractivity contribution in [2.24, 2.45) is 0 Å². The zero-order valence-corrected chi connectivity index (χ0v) is 18.8. The number of carbonyl (C=O) groups is 1. The smallest absolute Gasteiger partial charge is 0.247 e. The van der Waals surface area contributed by atoms with E-state index < -0.39 is 0 Å². The number of ether oxygens (including phenoxy) is 1. The summed E-state index contributed by atoms with van der Waals surface area (Å²) < 4.78 is 5.40. The van der Waals surface area contributed by atoms with E-state index in [0.717, 1.165) is 44.2 Å². The van der Waals surface area contributed by atoms with E-state index in [2.05, 4.69) is 49.5 Å². The van der Waals surface area contributed by atoms with E-state index in [9.17, 15) is 4.79 Å². The van der Waals surface area contributed by atoms with E-state index >= 15 is 0 Å². The predicted molar refractivity (Wildman–Crippen MR) is 131 cm³/mol. The molecule has 0 aliphatic carbocycles. The lowest BCUT2D eigenvalue weighted by atomic mass is 10.2. The molecule has 9 heteroatoms. The number of hydrogen-bond acceptors (Lipinski definition) is 7. The van der Waals surface area contributed by atoms with Gasteiger partial charge in [0, 0.05) is 36.7 Å². The van der Waals surface area contributed by atoms with Crippen molar-refractivity contribution in [1.82, 2.24) is 14.9 Å². The van der Waals surface area contributed by atoms with Crippen molar-refractivity contribution < 1.29 is 9.53 Å². The maximum Gasteiger partial charge on any atom is 0.247 e. The molecule has 1 aromatic heterocycles. The summed E-state index contributed by atoms with van der Waals surface area (Å²) in [6, 6.07) is 15.4. The monoisotopic (exact) mass is 464 g/mol. The summed E-state index contributed by atoms with van der Waals surface area (Å²) >= 11 is 6.30. The van der Waals surface area contributed by atoms with Gasteiger partial charge in [0.05, 0.1) is 19.4 Å². The average molecular weight is 465 g/mol. The van der Waals surface area contributed by atoms with E-state index in [4.69, 9.17) is 16.3 Å². The minimum absolute atomic E-state index is 0.283. The minimum Gasteiger partial charge on any atom is -0.379 e. The lowest BCUT2D eigenvalue weighted by Crippen LogP contribution is -2.35. The van der Waals surface area contributed by atoms with Crippen molar-refractivity contribution in [1.29, 1.82) is 0 Å². The van der Waals surface area contributed by atoms with Crippen LogP contribution in [0.5, 0.6) is 0 Å². The highest BCUT2D eigenvalue weighted by molar-refractivity contribution is 6.32. The van der Waals surface area contributed by atoms with Crippen molar-refractivity contribution in [3.8, 4) is 0 Å². The maximum atomic E-state index is 11.5. The molecule has 2 heterocycles. The number of aromatic nitrogens is 2. The molecule has 0 radical (unpaired) electrons. The van der Waals surface area contributed by atoms with Crippen molar-refractivity contribution in [3.63, 3.8) is 0 Å². The first-order valence-electron chi connectivity index (χ1n) is 10.6. The van der Waals surface area contributed by atoms with Crippen molar-refractivity contribution in [2.75, 3.05) is 42.3 Å². The summed E-state index contributed by atoms with van der Waals surface area (Å²) in [5.41, 5.74) is 3.47. The van der Waals surface area contributed by atoms with E-state index in [1.165, 1.54) is 17.8 Å². The van der Waals surface area contributed by atoms with Crippen molar-refractivity contribution >= 4 is 46.3 Å². The highest BCUT2D eigenvalue weighted by Gasteiger charge is 2.11. The van der Waals surface area contributed by atoms with E-state index in [1.807, 2.05) is 24.3 Å². The second kappa shape index (κ2) is 10.9. The quantitative estimate of drug-likeness (QED) is 0.420. The molecule has 0 atom stereocenters. The summed E-state index contributed by atoms with van der Waals surface area (Å²) in [4.78, 5) is 22.7. The van der Waals surface area contributed by atoms with Gasteiger partial charge >= 0.3 is 0 Å². The SMILES string of the molecule is C=CC(=O)Nc1cccc(Nc2nc(Nc3ccc(CN4CCOCC4)cc3)ncc2Cl)c1. The Labute approximate surface area is 197 Å². The molecular formula is C24H25ClN6O2. The number of anilines is 5. The molecule has 2 aromatic carbocycles. The molecule has 8 nitrogen and oxygen atoms in total. The highest BCUT2D eigenvalue weighted by atomic mass is 35.5. The fourth-order valence-corrected chi connectivity index (χ4v) is 3.50. The van der Waals surface area contributed by atoms with E-state index in [0.29, 0.717) is 22.5 Å². The van der Waals surface area contributed by atoms with Gasteiger partial charge in [0.25, 0.3) is 0 Å². The maximum absolute atomic E-state index is 11.5. The number of rotatable bonds is 8. The Balaban J connectivity index is 1.41. The Morgan fingerprint density at radius 3 is 2.61 bits per heavy atom. The second-order valence-corrected chi connectivity index (χ2v) is 7.91. The van der Waals surface area contributed by atoms with Crippen LogP contribution in [0.4, 0.5) is 28.8 Å². The van der Waals surface area contributed by atoms with Crippen LogP contribution in [0.1, 0.15) is 5.56 Å². The van der Waals surface area contributed by atoms with Gasteiger partial charge in [0.2, 0.25) is 11.9 Å². The third-order valence-electron chi connectivity index (χ3n) is 5.04. The molecule has 0 bridgehead atoms. The number of nitrogens with zero attached hydrogens (tertiary/aromatic N) is 3. The molecule has 1 aliphatic rings. The number of benzene rings is 2. The summed E-state index contributed by atoms with van der Waals surface area (Å²) in [5, 5.41) is 9.48. The van der Waals surface area contributed by atoms with Crippen molar-refractivity contribution in [2.45, 2.75) is 6.54 Å². The van der Waals surface area contributed by atoms with Crippen LogP contribution in [0.3, 0.4) is 0 Å². The van der Waals surface area contributed by atoms with Gasteiger partial charge in [0.15, 0.2) is 5.82 Å². The summed E-state index contributed by atoms with van der Waals surface area (Å²) in [6.07, 6.45) is 2.75. The molecular weight excluding hydrogens is 440 g/mol. The van der Waals surface area contributed by atoms with Crippen LogP contribution in [0.25, 0.3) is 0 Å². The fraction of sp³-hybridized carbons (Fsp3) is 0.208. The number of hydrogen-bond donors (Lipinski definition) is 3. The lowest BCUT2D eigenvalue weighted by molar-refractivity contribution is -0.111. The Bertz CT molecular complexity index is 1120. The number of morpholine rings is 1. The van der Waals surface area contributed by atoms with Crippen LogP contribution >= 0.6 is 11.6 Å². The van der Waals surface area contributed by atoms with Gasteiger partial charge in [-0.3, -0.25) is 9.69 Å². The van der Waals surface area contributed by atoms with Gasteiger partial charge in [-0.15, -0.1) is 0 Å². The van der Waals surface area contributed by atoms with Crippen LogP contribution in [-0.2, 0) is 16.1 Å². The second-order valence-electron chi connectivity index (χ2n) is 7.50. The molecule has 0 saturated carbocycles. The van der Waals surface area contributed by atoms with Crippen LogP contribution in [0, 0.1) is 0 Å². The lowest BCUT2D eigenvalue weighted by Gasteiger charge is -2.26. The fourth-order valence-electron chi connectivity index (χ4n) is 3.36. The van der Waals surface area contributed by atoms with E-state index in [-0.39, 0.29) is 5.91 Å². The Kier molecular flexibility index (Phi) is 7.51. The molecule has 3 aromatic rings. The number of nitrogens with one attached hydrogen (secondary N) is 3. The van der Waals surface area contributed by atoms with E-state index in [1.54, 1.807) is 12.1 Å². The summed E-state index contributed by atoms with van der Waals surface area (Å²) in [5.74, 6) is 0.582. The minimum atomic E-state index is -0.283. The van der Waals surface area contributed by atoms with Crippen molar-refractivity contribution in [3.05, 3.63) is 78.0 Å². The Morgan fingerprint density at radius 1 is 1.09 bits per heavy atom. The zero-order chi connectivity index (χ0) is 23.0. The van der Waals surface area contributed by atoms with Gasteiger partial charge in [0.1, 0.15) is 5.02 Å². The predicted octanol–water partition coefficient (Wildman–Crippen LogP) is 4.57. The number of amides is 1. The standard InChI is InChI=1S/C24H25ClN6O2/c1-2-22(32)27-19-4-3-5-20(14-19)28-23-21(25)15-26-24(30-23)29-18-8-6-17(7-9-18)16-31-10-12-33-13-11-31/h2-9,14-15H,1,10-13,16H2,(H,27,32)(H2,26,28,29,30). The zero-order valence-electron chi connectivity index (χ0n) is 18.1. The first-order chi connectivity index (χ1) is 16.1. The summed E-state index contributed by atoms with van der Waals surface area (Å²) in [6.45, 7) is 7.85. The molecule has 4 rings (SSSR count). The molecule has 33 heavy (non-hydrogen) atoms. The van der Waals surface area contributed by atoms with Gasteiger partial charge < -0.3 is 20.7 Å². The molecule has 1 amide bonds. The van der Waals surface area contributed by atoms with Gasteiger partial charge in [-0.05, 0) is 42.0 Å². The largest absolute Gasteiger partial charge is 0.379 e. The Hall–Kier alpha value is -3.46. The topological polar surface area (TPSA) is 91.4 Å². The molecule has 170 valence electrons. The van der Waals surface area contributed by atoms with Crippen LogP contribution < -0.4 is 16.0 Å². The highest BCUT2D eigenvalue weighted by Crippen LogP contribution is 2.26. The van der Waals surface area contributed by atoms with Gasteiger partial charge in [-0.1, -0.05) is 36.4 Å². The van der Waals surface area contributed by atoms with Gasteiger partial charge in [-0.2, -0.15) is 4.98 Å². The van der Waals surface area contributed by atoms with Crippen LogP contribution in [0.2, 0.25) is 5.02 Å². The third-order valence-corrected chi connectivity index (χ3v) is 5.32. The van der Waals surface area contributed by atoms with Gasteiger partial charge in [-0.25, -0.2) is 4.98 Å². The number of halogens is 1. The third kappa shape index (κ3) is 6.52. The number of carbonyl (C=O) groups excluding carboxylic acids is 1. The molecule has 1 fully saturated rings. The first-order valence-corrected chi connectivity index (χ1v) is 11.0. The Morgan fingerprint density at radius 2 is 1.85 bits per heavy atom. The molecule has 0 unspecified atom stereocenters. The molecule has 1 aliphatic heterocycles.